The zero-order valence-corrected chi connectivity index (χ0v) is 21.1. The van der Waals surface area contributed by atoms with E-state index in [1.807, 2.05) is 77.9 Å². The SMILES string of the molecule is Cc1ccc(C)c(OCCCC(C)(C)C(=O)NNC(=O)CCC(=O)Nc2ccc(C)c(C)c2)c1. The molecule has 0 saturated carbocycles. The smallest absolute Gasteiger partial charge is 0.244 e. The van der Waals surface area contributed by atoms with Gasteiger partial charge < -0.3 is 10.1 Å². The number of hydrogen-bond donors (Lipinski definition) is 3. The molecule has 0 aliphatic carbocycles. The van der Waals surface area contributed by atoms with Crippen LogP contribution in [0, 0.1) is 33.1 Å². The molecule has 0 bridgehead atoms. The van der Waals surface area contributed by atoms with Crippen molar-refractivity contribution in [3.05, 3.63) is 58.7 Å². The highest BCUT2D eigenvalue weighted by Gasteiger charge is 2.27. The minimum absolute atomic E-state index is 0.0216. The number of amides is 3. The van der Waals surface area contributed by atoms with E-state index in [2.05, 4.69) is 16.2 Å². The van der Waals surface area contributed by atoms with Crippen LogP contribution in [0.15, 0.2) is 36.4 Å². The van der Waals surface area contributed by atoms with Gasteiger partial charge in [0.25, 0.3) is 0 Å². The van der Waals surface area contributed by atoms with Gasteiger partial charge in [-0.1, -0.05) is 32.0 Å². The normalized spacial score (nSPS) is 11.0. The summed E-state index contributed by atoms with van der Waals surface area (Å²) in [6, 6.07) is 11.7. The van der Waals surface area contributed by atoms with Crippen LogP contribution in [0.5, 0.6) is 5.75 Å². The van der Waals surface area contributed by atoms with E-state index >= 15 is 0 Å². The highest BCUT2D eigenvalue weighted by atomic mass is 16.5. The summed E-state index contributed by atoms with van der Waals surface area (Å²) >= 11 is 0. The topological polar surface area (TPSA) is 96.5 Å². The molecule has 3 amide bonds. The van der Waals surface area contributed by atoms with Gasteiger partial charge in [-0.2, -0.15) is 0 Å². The summed E-state index contributed by atoms with van der Waals surface area (Å²) in [6.45, 7) is 12.1. The summed E-state index contributed by atoms with van der Waals surface area (Å²) < 4.78 is 5.86. The minimum atomic E-state index is -0.682. The van der Waals surface area contributed by atoms with Crippen molar-refractivity contribution in [3.63, 3.8) is 0 Å². The molecule has 7 heteroatoms. The molecule has 0 atom stereocenters. The van der Waals surface area contributed by atoms with Gasteiger partial charge in [0.05, 0.1) is 6.61 Å². The number of hydrogen-bond acceptors (Lipinski definition) is 4. The van der Waals surface area contributed by atoms with Crippen molar-refractivity contribution in [2.45, 2.75) is 67.2 Å². The molecule has 0 aliphatic heterocycles. The maximum absolute atomic E-state index is 12.5. The van der Waals surface area contributed by atoms with E-state index < -0.39 is 11.3 Å². The first kappa shape index (κ1) is 26.9. The summed E-state index contributed by atoms with van der Waals surface area (Å²) in [5.74, 6) is -0.102. The van der Waals surface area contributed by atoms with E-state index in [1.54, 1.807) is 0 Å². The first-order valence-corrected chi connectivity index (χ1v) is 11.6. The van der Waals surface area contributed by atoms with Gasteiger partial charge in [0.1, 0.15) is 5.75 Å². The van der Waals surface area contributed by atoms with Crippen molar-refractivity contribution < 1.29 is 19.1 Å². The van der Waals surface area contributed by atoms with Crippen molar-refractivity contribution >= 4 is 23.4 Å². The number of hydrazine groups is 1. The summed E-state index contributed by atoms with van der Waals surface area (Å²) in [4.78, 5) is 36.7. The Bertz CT molecular complexity index is 1030. The van der Waals surface area contributed by atoms with E-state index in [0.29, 0.717) is 25.1 Å². The lowest BCUT2D eigenvalue weighted by atomic mass is 9.87. The lowest BCUT2D eigenvalue weighted by Crippen LogP contribution is -2.47. The number of ether oxygens (including phenoxy) is 1. The Balaban J connectivity index is 1.68. The molecule has 0 fully saturated rings. The zero-order valence-electron chi connectivity index (χ0n) is 21.1. The molecular formula is C27H37N3O4. The van der Waals surface area contributed by atoms with Gasteiger partial charge in [-0.05, 0) is 81.0 Å². The fraction of sp³-hybridized carbons (Fsp3) is 0.444. The van der Waals surface area contributed by atoms with Gasteiger partial charge in [-0.25, -0.2) is 0 Å². The van der Waals surface area contributed by atoms with Crippen molar-refractivity contribution in [3.8, 4) is 5.75 Å². The molecule has 2 aromatic carbocycles. The standard InChI is InChI=1S/C27H37N3O4/c1-18-8-9-20(3)23(16-18)34-15-7-14-27(5,6)26(33)30-29-25(32)13-12-24(31)28-22-11-10-19(2)21(4)17-22/h8-11,16-17H,7,12-15H2,1-6H3,(H,28,31)(H,29,32)(H,30,33). The second kappa shape index (κ2) is 12.2. The van der Waals surface area contributed by atoms with Crippen LogP contribution in [0.25, 0.3) is 0 Å². The Labute approximate surface area is 202 Å². The van der Waals surface area contributed by atoms with Gasteiger partial charge in [-0.15, -0.1) is 0 Å². The van der Waals surface area contributed by atoms with Crippen LogP contribution in [-0.4, -0.2) is 24.3 Å². The Kier molecular flexibility index (Phi) is 9.66. The molecule has 0 unspecified atom stereocenters. The maximum Gasteiger partial charge on any atom is 0.244 e. The van der Waals surface area contributed by atoms with Crippen molar-refractivity contribution in [2.24, 2.45) is 5.41 Å². The van der Waals surface area contributed by atoms with Crippen molar-refractivity contribution in [1.29, 1.82) is 0 Å². The molecule has 0 radical (unpaired) electrons. The van der Waals surface area contributed by atoms with E-state index in [-0.39, 0.29) is 24.7 Å². The molecular weight excluding hydrogens is 430 g/mol. The number of aryl methyl sites for hydroxylation is 4. The highest BCUT2D eigenvalue weighted by molar-refractivity contribution is 5.93. The number of carbonyl (C=O) groups excluding carboxylic acids is 3. The van der Waals surface area contributed by atoms with Crippen LogP contribution in [0.1, 0.15) is 61.8 Å². The quantitative estimate of drug-likeness (QED) is 0.349. The molecule has 2 rings (SSSR count). The van der Waals surface area contributed by atoms with E-state index in [1.165, 1.54) is 0 Å². The third-order valence-electron chi connectivity index (χ3n) is 5.85. The second-order valence-electron chi connectivity index (χ2n) is 9.45. The van der Waals surface area contributed by atoms with Crippen LogP contribution >= 0.6 is 0 Å². The molecule has 3 N–H and O–H groups in total. The Morgan fingerprint density at radius 1 is 0.824 bits per heavy atom. The largest absolute Gasteiger partial charge is 0.493 e. The Morgan fingerprint density at radius 2 is 1.50 bits per heavy atom. The van der Waals surface area contributed by atoms with E-state index in [4.69, 9.17) is 4.74 Å². The lowest BCUT2D eigenvalue weighted by molar-refractivity contribution is -0.134. The van der Waals surface area contributed by atoms with Gasteiger partial charge in [0, 0.05) is 23.9 Å². The molecule has 184 valence electrons. The molecule has 7 nitrogen and oxygen atoms in total. The minimum Gasteiger partial charge on any atom is -0.493 e. The van der Waals surface area contributed by atoms with Gasteiger partial charge in [0.2, 0.25) is 17.7 Å². The second-order valence-corrected chi connectivity index (χ2v) is 9.45. The summed E-state index contributed by atoms with van der Waals surface area (Å²) in [7, 11) is 0. The number of anilines is 1. The average molecular weight is 468 g/mol. The van der Waals surface area contributed by atoms with Crippen LogP contribution in [0.2, 0.25) is 0 Å². The lowest BCUT2D eigenvalue weighted by Gasteiger charge is -2.23. The fourth-order valence-corrected chi connectivity index (χ4v) is 3.30. The van der Waals surface area contributed by atoms with Crippen LogP contribution in [-0.2, 0) is 14.4 Å². The summed E-state index contributed by atoms with van der Waals surface area (Å²) in [5.41, 5.74) is 9.34. The molecule has 0 spiro atoms. The van der Waals surface area contributed by atoms with Crippen molar-refractivity contribution in [2.75, 3.05) is 11.9 Å². The zero-order chi connectivity index (χ0) is 25.3. The van der Waals surface area contributed by atoms with Gasteiger partial charge in [0.15, 0.2) is 0 Å². The third kappa shape index (κ3) is 8.54. The maximum atomic E-state index is 12.5. The predicted octanol–water partition coefficient (Wildman–Crippen LogP) is 4.67. The number of carbonyl (C=O) groups is 3. The molecule has 0 aromatic heterocycles. The fourth-order valence-electron chi connectivity index (χ4n) is 3.30. The molecule has 0 aliphatic rings. The predicted molar refractivity (Wildman–Crippen MR) is 134 cm³/mol. The molecule has 0 saturated heterocycles. The number of nitrogens with one attached hydrogen (secondary N) is 3. The molecule has 2 aromatic rings. The van der Waals surface area contributed by atoms with E-state index in [0.717, 1.165) is 28.0 Å². The highest BCUT2D eigenvalue weighted by Crippen LogP contribution is 2.24. The van der Waals surface area contributed by atoms with Crippen LogP contribution in [0.3, 0.4) is 0 Å². The molecule has 0 heterocycles. The first-order valence-electron chi connectivity index (χ1n) is 11.6. The molecule has 34 heavy (non-hydrogen) atoms. The monoisotopic (exact) mass is 467 g/mol. The van der Waals surface area contributed by atoms with Crippen LogP contribution in [0.4, 0.5) is 5.69 Å². The number of rotatable bonds is 10. The van der Waals surface area contributed by atoms with Crippen molar-refractivity contribution in [1.82, 2.24) is 10.9 Å². The summed E-state index contributed by atoms with van der Waals surface area (Å²) in [5, 5.41) is 2.78. The third-order valence-corrected chi connectivity index (χ3v) is 5.85. The Hall–Kier alpha value is -3.35. The Morgan fingerprint density at radius 3 is 2.21 bits per heavy atom. The summed E-state index contributed by atoms with van der Waals surface area (Å²) in [6.07, 6.45) is 1.28. The number of benzene rings is 2. The van der Waals surface area contributed by atoms with Crippen LogP contribution < -0.4 is 20.9 Å². The first-order chi connectivity index (χ1) is 16.0. The average Bonchev–Trinajstić information content (AvgIpc) is 2.78. The van der Waals surface area contributed by atoms with Gasteiger partial charge >= 0.3 is 0 Å². The van der Waals surface area contributed by atoms with Gasteiger partial charge in [-0.3, -0.25) is 25.2 Å². The van der Waals surface area contributed by atoms with E-state index in [9.17, 15) is 14.4 Å².